The third kappa shape index (κ3) is 3.45. The Morgan fingerprint density at radius 2 is 1.59 bits per heavy atom. The fourth-order valence-corrected chi connectivity index (χ4v) is 1.41. The minimum Gasteiger partial charge on any atom is -0.481 e. The SMILES string of the molecule is CC(O)(CC(=O)O)c1ccc(C(F)(F)F)cc1. The number of hydrogen-bond acceptors (Lipinski definition) is 2. The van der Waals surface area contributed by atoms with Crippen molar-refractivity contribution in [2.24, 2.45) is 0 Å². The highest BCUT2D eigenvalue weighted by Crippen LogP contribution is 2.31. The van der Waals surface area contributed by atoms with E-state index in [1.54, 1.807) is 0 Å². The Morgan fingerprint density at radius 1 is 1.18 bits per heavy atom. The molecule has 0 spiro atoms. The Hall–Kier alpha value is -1.56. The van der Waals surface area contributed by atoms with Crippen LogP contribution in [0.25, 0.3) is 0 Å². The highest BCUT2D eigenvalue weighted by atomic mass is 19.4. The van der Waals surface area contributed by atoms with Crippen LogP contribution < -0.4 is 0 Å². The van der Waals surface area contributed by atoms with Crippen LogP contribution in [0, 0.1) is 0 Å². The monoisotopic (exact) mass is 248 g/mol. The Balaban J connectivity index is 2.98. The van der Waals surface area contributed by atoms with Crippen molar-refractivity contribution in [1.29, 1.82) is 0 Å². The van der Waals surface area contributed by atoms with E-state index in [-0.39, 0.29) is 5.56 Å². The Bertz CT molecular complexity index is 407. The Labute approximate surface area is 95.5 Å². The van der Waals surface area contributed by atoms with E-state index >= 15 is 0 Å². The average Bonchev–Trinajstić information content (AvgIpc) is 2.14. The van der Waals surface area contributed by atoms with Gasteiger partial charge in [0.15, 0.2) is 0 Å². The van der Waals surface area contributed by atoms with E-state index in [0.29, 0.717) is 0 Å². The normalized spacial score (nSPS) is 15.4. The molecule has 0 heterocycles. The molecular formula is C11H11F3O3. The number of hydrogen-bond donors (Lipinski definition) is 2. The van der Waals surface area contributed by atoms with Crippen LogP contribution in [0.5, 0.6) is 0 Å². The van der Waals surface area contributed by atoms with Gasteiger partial charge in [-0.2, -0.15) is 13.2 Å². The fraction of sp³-hybridized carbons (Fsp3) is 0.364. The third-order valence-corrected chi connectivity index (χ3v) is 2.33. The smallest absolute Gasteiger partial charge is 0.416 e. The van der Waals surface area contributed by atoms with Gasteiger partial charge in [-0.1, -0.05) is 12.1 Å². The van der Waals surface area contributed by atoms with Gasteiger partial charge in [-0.25, -0.2) is 0 Å². The van der Waals surface area contributed by atoms with Crippen LogP contribution in [-0.4, -0.2) is 16.2 Å². The van der Waals surface area contributed by atoms with Crippen molar-refractivity contribution < 1.29 is 28.2 Å². The minimum atomic E-state index is -4.45. The zero-order valence-electron chi connectivity index (χ0n) is 8.95. The summed E-state index contributed by atoms with van der Waals surface area (Å²) in [5, 5.41) is 18.3. The highest BCUT2D eigenvalue weighted by molar-refractivity contribution is 5.68. The quantitative estimate of drug-likeness (QED) is 0.863. The maximum Gasteiger partial charge on any atom is 0.416 e. The first-order valence-corrected chi connectivity index (χ1v) is 4.75. The molecule has 0 aliphatic heterocycles. The predicted molar refractivity (Wildman–Crippen MR) is 53.3 cm³/mol. The predicted octanol–water partition coefficient (Wildman–Crippen LogP) is 2.39. The molecule has 3 nitrogen and oxygen atoms in total. The number of halogens is 3. The van der Waals surface area contributed by atoms with Gasteiger partial charge in [0.25, 0.3) is 0 Å². The van der Waals surface area contributed by atoms with E-state index in [9.17, 15) is 23.1 Å². The lowest BCUT2D eigenvalue weighted by atomic mass is 9.92. The molecule has 0 aromatic heterocycles. The van der Waals surface area contributed by atoms with Gasteiger partial charge in [0.2, 0.25) is 0 Å². The standard InChI is InChI=1S/C11H11F3O3/c1-10(17,6-9(15)16)7-2-4-8(5-3-7)11(12,13)14/h2-5,17H,6H2,1H3,(H,15,16). The fourth-order valence-electron chi connectivity index (χ4n) is 1.41. The number of alkyl halides is 3. The lowest BCUT2D eigenvalue weighted by Gasteiger charge is -2.22. The number of rotatable bonds is 3. The van der Waals surface area contributed by atoms with Crippen molar-refractivity contribution in [3.63, 3.8) is 0 Å². The molecule has 0 aliphatic carbocycles. The zero-order valence-corrected chi connectivity index (χ0v) is 8.95. The molecule has 0 saturated heterocycles. The number of aliphatic hydroxyl groups is 1. The summed E-state index contributed by atoms with van der Waals surface area (Å²) in [6, 6.07) is 3.77. The number of carboxylic acids is 1. The molecule has 0 amide bonds. The summed E-state index contributed by atoms with van der Waals surface area (Å²) in [5.74, 6) is -1.23. The van der Waals surface area contributed by atoms with Gasteiger partial charge in [-0.3, -0.25) is 4.79 Å². The summed E-state index contributed by atoms with van der Waals surface area (Å²) in [4.78, 5) is 10.5. The summed E-state index contributed by atoms with van der Waals surface area (Å²) in [5.41, 5.74) is -2.39. The molecule has 1 atom stereocenters. The molecule has 94 valence electrons. The third-order valence-electron chi connectivity index (χ3n) is 2.33. The minimum absolute atomic E-state index is 0.132. The van der Waals surface area contributed by atoms with E-state index < -0.39 is 29.7 Å². The molecule has 6 heteroatoms. The van der Waals surface area contributed by atoms with Crippen LogP contribution in [0.2, 0.25) is 0 Å². The molecular weight excluding hydrogens is 237 g/mol. The van der Waals surface area contributed by atoms with Crippen LogP contribution in [0.15, 0.2) is 24.3 Å². The number of aliphatic carboxylic acids is 1. The molecule has 0 aliphatic rings. The summed E-state index contributed by atoms with van der Waals surface area (Å²) < 4.78 is 36.8. The van der Waals surface area contributed by atoms with Gasteiger partial charge in [-0.15, -0.1) is 0 Å². The number of benzene rings is 1. The van der Waals surface area contributed by atoms with Crippen LogP contribution in [0.1, 0.15) is 24.5 Å². The Kier molecular flexibility index (Phi) is 3.47. The second-order valence-electron chi connectivity index (χ2n) is 3.92. The molecule has 1 rings (SSSR count). The first-order chi connectivity index (χ1) is 7.63. The van der Waals surface area contributed by atoms with Gasteiger partial charge in [-0.05, 0) is 24.6 Å². The highest BCUT2D eigenvalue weighted by Gasteiger charge is 2.32. The Morgan fingerprint density at radius 3 is 1.94 bits per heavy atom. The summed E-state index contributed by atoms with van der Waals surface area (Å²) >= 11 is 0. The van der Waals surface area contributed by atoms with Gasteiger partial charge in [0.05, 0.1) is 17.6 Å². The number of carbonyl (C=O) groups is 1. The van der Waals surface area contributed by atoms with E-state index in [1.807, 2.05) is 0 Å². The molecule has 17 heavy (non-hydrogen) atoms. The van der Waals surface area contributed by atoms with Crippen molar-refractivity contribution in [2.45, 2.75) is 25.1 Å². The van der Waals surface area contributed by atoms with E-state index in [1.165, 1.54) is 6.92 Å². The van der Waals surface area contributed by atoms with Crippen molar-refractivity contribution in [1.82, 2.24) is 0 Å². The molecule has 1 aromatic carbocycles. The largest absolute Gasteiger partial charge is 0.481 e. The maximum atomic E-state index is 12.3. The molecule has 0 saturated carbocycles. The molecule has 2 N–H and O–H groups in total. The first-order valence-electron chi connectivity index (χ1n) is 4.75. The molecule has 1 unspecified atom stereocenters. The zero-order chi connectivity index (χ0) is 13.3. The van der Waals surface area contributed by atoms with E-state index in [2.05, 4.69) is 0 Å². The van der Waals surface area contributed by atoms with Crippen molar-refractivity contribution in [2.75, 3.05) is 0 Å². The van der Waals surface area contributed by atoms with Crippen molar-refractivity contribution in [3.8, 4) is 0 Å². The van der Waals surface area contributed by atoms with Crippen molar-refractivity contribution >= 4 is 5.97 Å². The maximum absolute atomic E-state index is 12.3. The van der Waals surface area contributed by atoms with Gasteiger partial charge in [0.1, 0.15) is 0 Å². The molecule has 0 bridgehead atoms. The van der Waals surface area contributed by atoms with Crippen molar-refractivity contribution in [3.05, 3.63) is 35.4 Å². The first kappa shape index (κ1) is 13.5. The van der Waals surface area contributed by atoms with Crippen LogP contribution in [0.4, 0.5) is 13.2 Å². The number of carboxylic acid groups (broad SMARTS) is 1. The van der Waals surface area contributed by atoms with Crippen LogP contribution in [0.3, 0.4) is 0 Å². The lowest BCUT2D eigenvalue weighted by molar-refractivity contribution is -0.142. The van der Waals surface area contributed by atoms with Gasteiger partial charge in [0, 0.05) is 0 Å². The van der Waals surface area contributed by atoms with E-state index in [4.69, 9.17) is 5.11 Å². The van der Waals surface area contributed by atoms with Gasteiger partial charge >= 0.3 is 12.1 Å². The molecule has 0 fully saturated rings. The van der Waals surface area contributed by atoms with E-state index in [0.717, 1.165) is 24.3 Å². The second kappa shape index (κ2) is 4.37. The second-order valence-corrected chi connectivity index (χ2v) is 3.92. The molecule has 1 aromatic rings. The summed E-state index contributed by atoms with van der Waals surface area (Å²) in [6.07, 6.45) is -5.02. The summed E-state index contributed by atoms with van der Waals surface area (Å²) in [7, 11) is 0. The summed E-state index contributed by atoms with van der Waals surface area (Å²) in [6.45, 7) is 1.24. The van der Waals surface area contributed by atoms with Crippen LogP contribution in [-0.2, 0) is 16.6 Å². The topological polar surface area (TPSA) is 57.5 Å². The van der Waals surface area contributed by atoms with Crippen LogP contribution >= 0.6 is 0 Å². The van der Waals surface area contributed by atoms with Gasteiger partial charge < -0.3 is 10.2 Å². The lowest BCUT2D eigenvalue weighted by Crippen LogP contribution is -2.25. The average molecular weight is 248 g/mol. The molecule has 0 radical (unpaired) electrons.